The molecular weight excluding hydrogens is 385 g/mol. The number of amides is 1. The van der Waals surface area contributed by atoms with E-state index in [0.29, 0.717) is 21.6 Å². The molecule has 7 heteroatoms. The predicted octanol–water partition coefficient (Wildman–Crippen LogP) is 4.31. The summed E-state index contributed by atoms with van der Waals surface area (Å²) < 4.78 is 18.8. The van der Waals surface area contributed by atoms with Crippen molar-refractivity contribution in [2.75, 3.05) is 23.4 Å². The van der Waals surface area contributed by atoms with E-state index in [1.807, 2.05) is 0 Å². The highest BCUT2D eigenvalue weighted by Crippen LogP contribution is 2.64. The SMILES string of the molecule is O=C(COC(=O)C1C[C@H]2CCC[C@H](C1)C21SCCS1)Nc1cccc(F)c1. The van der Waals surface area contributed by atoms with Gasteiger partial charge in [-0.05, 0) is 55.7 Å². The van der Waals surface area contributed by atoms with E-state index >= 15 is 0 Å². The number of carbonyl (C=O) groups excluding carboxylic acids is 2. The lowest BCUT2D eigenvalue weighted by molar-refractivity contribution is -0.154. The zero-order valence-corrected chi connectivity index (χ0v) is 16.8. The summed E-state index contributed by atoms with van der Waals surface area (Å²) in [7, 11) is 0. The van der Waals surface area contributed by atoms with Crippen molar-refractivity contribution >= 4 is 41.1 Å². The molecule has 0 unspecified atom stereocenters. The summed E-state index contributed by atoms with van der Waals surface area (Å²) in [4.78, 5) is 24.6. The van der Waals surface area contributed by atoms with E-state index in [1.54, 1.807) is 6.07 Å². The van der Waals surface area contributed by atoms with Crippen molar-refractivity contribution in [2.24, 2.45) is 17.8 Å². The van der Waals surface area contributed by atoms with E-state index in [9.17, 15) is 14.0 Å². The smallest absolute Gasteiger partial charge is 0.309 e. The molecular formula is C20H24FNO3S2. The standard InChI is InChI=1S/C20H24FNO3S2/c21-16-5-2-6-17(11-16)22-18(23)12-25-19(24)13-9-14-3-1-4-15(10-13)20(14)26-7-8-27-20/h2,5-6,11,13-15H,1,3-4,7-10,12H2,(H,22,23)/t14-,15-/m1/s1. The van der Waals surface area contributed by atoms with E-state index < -0.39 is 11.7 Å². The number of halogens is 1. The highest BCUT2D eigenvalue weighted by molar-refractivity contribution is 8.21. The fourth-order valence-corrected chi connectivity index (χ4v) is 8.76. The molecule has 2 atom stereocenters. The largest absolute Gasteiger partial charge is 0.455 e. The molecule has 1 heterocycles. The van der Waals surface area contributed by atoms with Gasteiger partial charge in [0, 0.05) is 17.2 Å². The van der Waals surface area contributed by atoms with Crippen molar-refractivity contribution in [2.45, 2.75) is 36.2 Å². The van der Waals surface area contributed by atoms with Gasteiger partial charge in [-0.2, -0.15) is 0 Å². The maximum atomic E-state index is 13.2. The van der Waals surface area contributed by atoms with Gasteiger partial charge in [0.25, 0.3) is 5.91 Å². The van der Waals surface area contributed by atoms with Crippen LogP contribution in [-0.2, 0) is 14.3 Å². The van der Waals surface area contributed by atoms with Gasteiger partial charge in [0.1, 0.15) is 5.82 Å². The fourth-order valence-electron chi connectivity index (χ4n) is 4.82. The number of nitrogens with one attached hydrogen (secondary N) is 1. The number of anilines is 1. The Labute approximate surface area is 167 Å². The van der Waals surface area contributed by atoms with E-state index in [2.05, 4.69) is 28.8 Å². The monoisotopic (exact) mass is 409 g/mol. The zero-order valence-electron chi connectivity index (χ0n) is 15.1. The van der Waals surface area contributed by atoms with Crippen molar-refractivity contribution in [1.29, 1.82) is 0 Å². The first-order valence-corrected chi connectivity index (χ1v) is 11.5. The molecule has 27 heavy (non-hydrogen) atoms. The third-order valence-electron chi connectivity index (χ3n) is 5.91. The van der Waals surface area contributed by atoms with Crippen LogP contribution < -0.4 is 5.32 Å². The quantitative estimate of drug-likeness (QED) is 0.751. The maximum absolute atomic E-state index is 13.2. The van der Waals surface area contributed by atoms with Crippen LogP contribution in [0.25, 0.3) is 0 Å². The number of carbonyl (C=O) groups is 2. The number of esters is 1. The van der Waals surface area contributed by atoms with Crippen LogP contribution in [0.2, 0.25) is 0 Å². The Bertz CT molecular complexity index is 707. The van der Waals surface area contributed by atoms with Crippen molar-refractivity contribution in [3.8, 4) is 0 Å². The minimum Gasteiger partial charge on any atom is -0.455 e. The summed E-state index contributed by atoms with van der Waals surface area (Å²) in [6.45, 7) is -0.324. The van der Waals surface area contributed by atoms with Gasteiger partial charge in [-0.15, -0.1) is 23.5 Å². The Balaban J connectivity index is 1.31. The molecule has 1 aromatic carbocycles. The second-order valence-corrected chi connectivity index (χ2v) is 10.6. The number of hydrogen-bond donors (Lipinski definition) is 1. The zero-order chi connectivity index (χ0) is 18.9. The van der Waals surface area contributed by atoms with Gasteiger partial charge in [0.2, 0.25) is 0 Å². The number of thioether (sulfide) groups is 2. The molecule has 1 amide bonds. The molecule has 4 rings (SSSR count). The third kappa shape index (κ3) is 3.99. The first kappa shape index (κ1) is 19.1. The third-order valence-corrected chi connectivity index (χ3v) is 9.92. The summed E-state index contributed by atoms with van der Waals surface area (Å²) in [6, 6.07) is 5.66. The molecule has 1 aliphatic heterocycles. The van der Waals surface area contributed by atoms with Gasteiger partial charge >= 0.3 is 5.97 Å². The maximum Gasteiger partial charge on any atom is 0.309 e. The summed E-state index contributed by atoms with van der Waals surface area (Å²) in [5.41, 5.74) is 0.362. The minimum absolute atomic E-state index is 0.102. The second-order valence-electron chi connectivity index (χ2n) is 7.58. The van der Waals surface area contributed by atoms with Crippen LogP contribution in [0.3, 0.4) is 0 Å². The molecule has 1 spiro atoms. The lowest BCUT2D eigenvalue weighted by atomic mass is 9.67. The van der Waals surface area contributed by atoms with E-state index in [4.69, 9.17) is 4.74 Å². The Hall–Kier alpha value is -1.21. The number of ether oxygens (including phenoxy) is 1. The minimum atomic E-state index is -0.441. The predicted molar refractivity (Wildman–Crippen MR) is 107 cm³/mol. The number of benzene rings is 1. The highest BCUT2D eigenvalue weighted by Gasteiger charge is 2.55. The second kappa shape index (κ2) is 8.03. The Kier molecular flexibility index (Phi) is 5.69. The molecule has 0 aromatic heterocycles. The lowest BCUT2D eigenvalue weighted by Gasteiger charge is -2.51. The van der Waals surface area contributed by atoms with Crippen LogP contribution in [0.1, 0.15) is 32.1 Å². The van der Waals surface area contributed by atoms with Gasteiger partial charge in [-0.1, -0.05) is 12.5 Å². The molecule has 2 saturated carbocycles. The normalized spacial score (nSPS) is 28.7. The van der Waals surface area contributed by atoms with Gasteiger partial charge < -0.3 is 10.1 Å². The average Bonchev–Trinajstić information content (AvgIpc) is 3.09. The van der Waals surface area contributed by atoms with Crippen molar-refractivity contribution in [3.63, 3.8) is 0 Å². The van der Waals surface area contributed by atoms with Crippen molar-refractivity contribution < 1.29 is 18.7 Å². The number of rotatable bonds is 4. The molecule has 1 aromatic rings. The Morgan fingerprint density at radius 3 is 2.56 bits per heavy atom. The van der Waals surface area contributed by atoms with Gasteiger partial charge in [0.15, 0.2) is 6.61 Å². The Morgan fingerprint density at radius 1 is 1.19 bits per heavy atom. The molecule has 1 saturated heterocycles. The first-order valence-electron chi connectivity index (χ1n) is 9.57. The van der Waals surface area contributed by atoms with Crippen molar-refractivity contribution in [1.82, 2.24) is 0 Å². The molecule has 2 bridgehead atoms. The van der Waals surface area contributed by atoms with E-state index in [-0.39, 0.29) is 18.5 Å². The van der Waals surface area contributed by atoms with Crippen LogP contribution >= 0.6 is 23.5 Å². The van der Waals surface area contributed by atoms with Gasteiger partial charge in [-0.25, -0.2) is 4.39 Å². The summed E-state index contributed by atoms with van der Waals surface area (Å²) in [6.07, 6.45) is 5.40. The van der Waals surface area contributed by atoms with E-state index in [1.165, 1.54) is 49.0 Å². The molecule has 3 aliphatic rings. The summed E-state index contributed by atoms with van der Waals surface area (Å²) in [5.74, 6) is 2.35. The van der Waals surface area contributed by atoms with Crippen LogP contribution in [0, 0.1) is 23.6 Å². The van der Waals surface area contributed by atoms with Crippen LogP contribution in [0.15, 0.2) is 24.3 Å². The molecule has 1 N–H and O–H groups in total. The summed E-state index contributed by atoms with van der Waals surface area (Å²) in [5, 5.41) is 2.56. The van der Waals surface area contributed by atoms with Crippen LogP contribution in [-0.4, -0.2) is 34.1 Å². The van der Waals surface area contributed by atoms with Gasteiger partial charge in [-0.3, -0.25) is 9.59 Å². The number of hydrogen-bond acceptors (Lipinski definition) is 5. The molecule has 4 nitrogen and oxygen atoms in total. The molecule has 0 radical (unpaired) electrons. The van der Waals surface area contributed by atoms with E-state index in [0.717, 1.165) is 12.8 Å². The van der Waals surface area contributed by atoms with Crippen molar-refractivity contribution in [3.05, 3.63) is 30.1 Å². The first-order chi connectivity index (χ1) is 13.1. The lowest BCUT2D eigenvalue weighted by Crippen LogP contribution is -2.48. The van der Waals surface area contributed by atoms with Crippen LogP contribution in [0.4, 0.5) is 10.1 Å². The Morgan fingerprint density at radius 2 is 1.89 bits per heavy atom. The molecule has 3 fully saturated rings. The average molecular weight is 410 g/mol. The summed E-state index contributed by atoms with van der Waals surface area (Å²) >= 11 is 4.22. The van der Waals surface area contributed by atoms with Gasteiger partial charge in [0.05, 0.1) is 10.00 Å². The fraction of sp³-hybridized carbons (Fsp3) is 0.600. The van der Waals surface area contributed by atoms with Crippen LogP contribution in [0.5, 0.6) is 0 Å². The molecule has 2 aliphatic carbocycles. The molecule has 146 valence electrons. The topological polar surface area (TPSA) is 55.4 Å². The highest BCUT2D eigenvalue weighted by atomic mass is 32.2.